The van der Waals surface area contributed by atoms with Gasteiger partial charge in [0.05, 0.1) is 6.10 Å². The molecule has 2 rings (SSSR count). The summed E-state index contributed by atoms with van der Waals surface area (Å²) < 4.78 is 7.00. The third kappa shape index (κ3) is 4.67. The van der Waals surface area contributed by atoms with E-state index in [4.69, 9.17) is 22.1 Å². The smallest absolute Gasteiger partial charge is 0.0702 e. The van der Waals surface area contributed by atoms with Crippen molar-refractivity contribution in [3.05, 3.63) is 33.3 Å². The van der Waals surface area contributed by atoms with Crippen LogP contribution in [0.5, 0.6) is 0 Å². The summed E-state index contributed by atoms with van der Waals surface area (Å²) in [5.74, 6) is 0. The molecule has 1 aliphatic rings. The Morgan fingerprint density at radius 3 is 3.05 bits per heavy atom. The van der Waals surface area contributed by atoms with Gasteiger partial charge in [0, 0.05) is 35.2 Å². The Morgan fingerprint density at radius 1 is 1.52 bits per heavy atom. The number of ether oxygens (including phenoxy) is 1. The first-order chi connectivity index (χ1) is 10.2. The molecule has 1 heterocycles. The van der Waals surface area contributed by atoms with Crippen LogP contribution in [0.15, 0.2) is 22.7 Å². The molecule has 0 aliphatic carbocycles. The summed E-state index contributed by atoms with van der Waals surface area (Å²) in [6.07, 6.45) is 3.69. The lowest BCUT2D eigenvalue weighted by molar-refractivity contribution is -0.0119. The lowest BCUT2D eigenvalue weighted by Gasteiger charge is -2.38. The van der Waals surface area contributed by atoms with Gasteiger partial charge in [0.15, 0.2) is 0 Å². The van der Waals surface area contributed by atoms with E-state index in [0.29, 0.717) is 12.6 Å². The van der Waals surface area contributed by atoms with Gasteiger partial charge in [-0.1, -0.05) is 34.5 Å². The van der Waals surface area contributed by atoms with Crippen LogP contribution in [0.3, 0.4) is 0 Å². The molecule has 0 radical (unpaired) electrons. The minimum atomic E-state index is 0.186. The summed E-state index contributed by atoms with van der Waals surface area (Å²) >= 11 is 9.77. The quantitative estimate of drug-likeness (QED) is 0.817. The van der Waals surface area contributed by atoms with Crippen LogP contribution in [0.4, 0.5) is 0 Å². The topological polar surface area (TPSA) is 38.5 Å². The first kappa shape index (κ1) is 17.2. The molecule has 0 amide bonds. The van der Waals surface area contributed by atoms with Gasteiger partial charge < -0.3 is 10.5 Å². The van der Waals surface area contributed by atoms with Gasteiger partial charge in [-0.2, -0.15) is 0 Å². The maximum absolute atomic E-state index is 6.15. The monoisotopic (exact) mass is 374 g/mol. The number of nitrogens with two attached hydrogens (primary N) is 1. The van der Waals surface area contributed by atoms with Crippen molar-refractivity contribution < 1.29 is 4.74 Å². The Kier molecular flexibility index (Phi) is 6.96. The normalized spacial score (nSPS) is 21.4. The lowest BCUT2D eigenvalue weighted by Crippen LogP contribution is -2.44. The number of likely N-dealkylation sites (tertiary alicyclic amines) is 1. The summed E-state index contributed by atoms with van der Waals surface area (Å²) in [5.41, 5.74) is 7.22. The number of benzene rings is 1. The first-order valence-electron chi connectivity index (χ1n) is 7.66. The van der Waals surface area contributed by atoms with Crippen molar-refractivity contribution in [2.75, 3.05) is 26.2 Å². The van der Waals surface area contributed by atoms with Crippen molar-refractivity contribution >= 4 is 27.5 Å². The third-order valence-electron chi connectivity index (χ3n) is 3.95. The van der Waals surface area contributed by atoms with Gasteiger partial charge in [-0.15, -0.1) is 0 Å². The van der Waals surface area contributed by atoms with Gasteiger partial charge in [0.1, 0.15) is 0 Å². The minimum absolute atomic E-state index is 0.186. The second kappa shape index (κ2) is 8.49. The molecule has 5 heteroatoms. The number of rotatable bonds is 6. The van der Waals surface area contributed by atoms with Crippen LogP contribution in [-0.2, 0) is 4.74 Å². The Hall–Kier alpha value is -0.130. The molecule has 2 atom stereocenters. The molecule has 2 N–H and O–H groups in total. The van der Waals surface area contributed by atoms with Gasteiger partial charge in [0.2, 0.25) is 0 Å². The van der Waals surface area contributed by atoms with E-state index >= 15 is 0 Å². The molecule has 1 aromatic carbocycles. The summed E-state index contributed by atoms with van der Waals surface area (Å²) in [6, 6.07) is 6.09. The second-order valence-electron chi connectivity index (χ2n) is 5.55. The Bertz CT molecular complexity index is 458. The molecular formula is C16H24BrClN2O. The highest BCUT2D eigenvalue weighted by Gasteiger charge is 2.27. The molecule has 1 aliphatic heterocycles. The lowest BCUT2D eigenvalue weighted by atomic mass is 10.0. The molecule has 21 heavy (non-hydrogen) atoms. The second-order valence-corrected chi connectivity index (χ2v) is 6.84. The van der Waals surface area contributed by atoms with Crippen molar-refractivity contribution in [3.63, 3.8) is 0 Å². The number of hydrogen-bond acceptors (Lipinski definition) is 3. The van der Waals surface area contributed by atoms with Gasteiger partial charge in [-0.3, -0.25) is 4.90 Å². The van der Waals surface area contributed by atoms with Crippen LogP contribution in [0, 0.1) is 0 Å². The molecule has 0 saturated carbocycles. The van der Waals surface area contributed by atoms with Crippen LogP contribution < -0.4 is 5.73 Å². The zero-order valence-electron chi connectivity index (χ0n) is 12.5. The zero-order valence-corrected chi connectivity index (χ0v) is 14.9. The molecule has 3 nitrogen and oxygen atoms in total. The fraction of sp³-hybridized carbons (Fsp3) is 0.625. The Morgan fingerprint density at radius 2 is 2.33 bits per heavy atom. The van der Waals surface area contributed by atoms with E-state index in [1.807, 2.05) is 18.2 Å². The number of nitrogens with zero attached hydrogens (tertiary/aromatic N) is 1. The molecular weight excluding hydrogens is 352 g/mol. The molecule has 0 bridgehead atoms. The Balaban J connectivity index is 2.11. The largest absolute Gasteiger partial charge is 0.377 e. The number of halogens is 2. The van der Waals surface area contributed by atoms with Crippen molar-refractivity contribution in [2.24, 2.45) is 5.73 Å². The number of hydrogen-bond donors (Lipinski definition) is 1. The molecule has 1 aromatic rings. The van der Waals surface area contributed by atoms with Crippen LogP contribution in [-0.4, -0.2) is 37.2 Å². The summed E-state index contributed by atoms with van der Waals surface area (Å²) in [7, 11) is 0. The predicted molar refractivity (Wildman–Crippen MR) is 91.8 cm³/mol. The van der Waals surface area contributed by atoms with E-state index in [-0.39, 0.29) is 6.04 Å². The van der Waals surface area contributed by atoms with Gasteiger partial charge in [-0.25, -0.2) is 0 Å². The van der Waals surface area contributed by atoms with E-state index in [9.17, 15) is 0 Å². The van der Waals surface area contributed by atoms with Crippen LogP contribution >= 0.6 is 27.5 Å². The highest BCUT2D eigenvalue weighted by atomic mass is 79.9. The molecule has 1 saturated heterocycles. The maximum atomic E-state index is 6.15. The van der Waals surface area contributed by atoms with Crippen LogP contribution in [0.25, 0.3) is 0 Å². The fourth-order valence-corrected chi connectivity index (χ4v) is 3.60. The molecule has 0 spiro atoms. The van der Waals surface area contributed by atoms with E-state index < -0.39 is 0 Å². The van der Waals surface area contributed by atoms with Crippen molar-refractivity contribution in [3.8, 4) is 0 Å². The van der Waals surface area contributed by atoms with Crippen molar-refractivity contribution in [1.29, 1.82) is 0 Å². The predicted octanol–water partition coefficient (Wildman–Crippen LogP) is 3.99. The van der Waals surface area contributed by atoms with Gasteiger partial charge in [-0.05, 0) is 49.6 Å². The maximum Gasteiger partial charge on any atom is 0.0702 e. The van der Waals surface area contributed by atoms with E-state index in [0.717, 1.165) is 48.5 Å². The molecule has 118 valence electrons. The highest BCUT2D eigenvalue weighted by Crippen LogP contribution is 2.32. The van der Waals surface area contributed by atoms with Gasteiger partial charge >= 0.3 is 0 Å². The average Bonchev–Trinajstić information content (AvgIpc) is 2.50. The average molecular weight is 376 g/mol. The summed E-state index contributed by atoms with van der Waals surface area (Å²) in [4.78, 5) is 2.43. The number of piperidine rings is 1. The molecule has 2 unspecified atom stereocenters. The fourth-order valence-electron chi connectivity index (χ4n) is 2.91. The van der Waals surface area contributed by atoms with Crippen molar-refractivity contribution in [2.45, 2.75) is 38.3 Å². The van der Waals surface area contributed by atoms with E-state index in [1.165, 1.54) is 5.56 Å². The minimum Gasteiger partial charge on any atom is -0.377 e. The van der Waals surface area contributed by atoms with Gasteiger partial charge in [0.25, 0.3) is 0 Å². The summed E-state index contributed by atoms with van der Waals surface area (Å²) in [5, 5.41) is 0.752. The van der Waals surface area contributed by atoms with Crippen molar-refractivity contribution in [1.82, 2.24) is 4.90 Å². The molecule has 1 fully saturated rings. The SMILES string of the molecule is CCCOC1CCCN(C(CN)c2cc(Cl)ccc2Br)C1. The summed E-state index contributed by atoms with van der Waals surface area (Å²) in [6.45, 7) is 5.58. The standard InChI is InChI=1S/C16H24BrClN2O/c1-2-8-21-13-4-3-7-20(11-13)16(10-19)14-9-12(18)5-6-15(14)17/h5-6,9,13,16H,2-4,7-8,10-11,19H2,1H3. The van der Waals surface area contributed by atoms with E-state index in [1.54, 1.807) is 0 Å². The van der Waals surface area contributed by atoms with Crippen LogP contribution in [0.1, 0.15) is 37.8 Å². The molecule has 0 aromatic heterocycles. The van der Waals surface area contributed by atoms with E-state index in [2.05, 4.69) is 27.8 Å². The highest BCUT2D eigenvalue weighted by molar-refractivity contribution is 9.10. The zero-order chi connectivity index (χ0) is 15.2. The first-order valence-corrected chi connectivity index (χ1v) is 8.83. The van der Waals surface area contributed by atoms with Crippen LogP contribution in [0.2, 0.25) is 5.02 Å². The Labute approximate surface area is 140 Å². The third-order valence-corrected chi connectivity index (χ3v) is 4.91.